The highest BCUT2D eigenvalue weighted by atomic mass is 19.3. The summed E-state index contributed by atoms with van der Waals surface area (Å²) in [6.07, 6.45) is 14.4. The molecule has 0 aromatic carbocycles. The van der Waals surface area contributed by atoms with E-state index in [9.17, 15) is 13.6 Å². The van der Waals surface area contributed by atoms with Crippen LogP contribution in [0, 0.1) is 0 Å². The molecule has 0 unspecified atom stereocenters. The zero-order chi connectivity index (χ0) is 24.3. The zero-order valence-corrected chi connectivity index (χ0v) is 19.2. The number of halogens is 2. The monoisotopic (exact) mass is 463 g/mol. The topological polar surface area (TPSA) is 79.3 Å². The molecule has 34 heavy (non-hydrogen) atoms. The van der Waals surface area contributed by atoms with Gasteiger partial charge in [-0.15, -0.1) is 0 Å². The van der Waals surface area contributed by atoms with E-state index in [0.717, 1.165) is 33.7 Å². The normalized spacial score (nSPS) is 20.8. The fourth-order valence-electron chi connectivity index (χ4n) is 4.24. The van der Waals surface area contributed by atoms with Crippen LogP contribution < -0.4 is 10.6 Å². The van der Waals surface area contributed by atoms with E-state index >= 15 is 0 Å². The molecule has 2 aliphatic carbocycles. The summed E-state index contributed by atoms with van der Waals surface area (Å²) in [6, 6.07) is -0.534. The van der Waals surface area contributed by atoms with Crippen molar-refractivity contribution >= 4 is 23.3 Å². The average molecular weight is 464 g/mol. The number of allylic oxidation sites excluding steroid dienone is 7. The van der Waals surface area contributed by atoms with Crippen LogP contribution in [0.25, 0.3) is 11.1 Å². The van der Waals surface area contributed by atoms with Crippen molar-refractivity contribution in [3.05, 3.63) is 83.3 Å². The molecule has 3 aliphatic rings. The first-order chi connectivity index (χ1) is 16.4. The summed E-state index contributed by atoms with van der Waals surface area (Å²) in [5.74, 6) is -3.13. The lowest BCUT2D eigenvalue weighted by Crippen LogP contribution is -2.50. The van der Waals surface area contributed by atoms with Gasteiger partial charge in [0.2, 0.25) is 0 Å². The summed E-state index contributed by atoms with van der Waals surface area (Å²) >= 11 is 0. The van der Waals surface area contributed by atoms with Crippen molar-refractivity contribution in [3.8, 4) is 0 Å². The van der Waals surface area contributed by atoms with Crippen molar-refractivity contribution in [2.75, 3.05) is 6.54 Å². The molecule has 4 rings (SSSR count). The van der Waals surface area contributed by atoms with Crippen LogP contribution in [0.3, 0.4) is 0 Å². The van der Waals surface area contributed by atoms with Crippen LogP contribution in [-0.2, 0) is 11.2 Å². The molecule has 8 heteroatoms. The molecule has 0 saturated heterocycles. The van der Waals surface area contributed by atoms with Crippen LogP contribution in [0.1, 0.15) is 43.6 Å². The van der Waals surface area contributed by atoms with Gasteiger partial charge in [-0.25, -0.2) is 18.7 Å². The molecule has 1 fully saturated rings. The van der Waals surface area contributed by atoms with Crippen molar-refractivity contribution in [2.45, 2.75) is 45.1 Å². The van der Waals surface area contributed by atoms with E-state index in [-0.39, 0.29) is 12.8 Å². The third-order valence-corrected chi connectivity index (χ3v) is 5.97. The molecule has 1 aromatic rings. The van der Waals surface area contributed by atoms with Crippen molar-refractivity contribution < 1.29 is 13.6 Å². The van der Waals surface area contributed by atoms with Crippen molar-refractivity contribution in [2.24, 2.45) is 4.99 Å². The highest BCUT2D eigenvalue weighted by Gasteiger charge is 2.46. The van der Waals surface area contributed by atoms with Gasteiger partial charge in [-0.05, 0) is 37.1 Å². The first-order valence-electron chi connectivity index (χ1n) is 11.3. The maximum atomic E-state index is 13.2. The third-order valence-electron chi connectivity index (χ3n) is 5.97. The standard InChI is InChI=1S/C26H27F2N5O/c1-4-16(14-29-6-3)24-23-20(7-8-21(23)31-15-32-24)17-9-10-30-22(11-17)19(5-2)25(34)33-18-12-26(27,28)13-18/h4-5,7,9-11,14-15,18,30H,2,6,8,12-13H2,1,3H3,(H,33,34)/b16-4+,22-19+,29-14?. The van der Waals surface area contributed by atoms with E-state index in [0.29, 0.717) is 24.2 Å². The zero-order valence-electron chi connectivity index (χ0n) is 19.2. The minimum Gasteiger partial charge on any atom is -0.361 e. The molecule has 1 saturated carbocycles. The second-order valence-electron chi connectivity index (χ2n) is 8.28. The van der Waals surface area contributed by atoms with Crippen LogP contribution >= 0.6 is 0 Å². The predicted octanol–water partition coefficient (Wildman–Crippen LogP) is 4.31. The number of nitrogens with one attached hydrogen (secondary N) is 2. The molecule has 0 bridgehead atoms. The summed E-state index contributed by atoms with van der Waals surface area (Å²) in [7, 11) is 0. The SMILES string of the molecule is C=C/C(C(=O)NC1CC(F)(F)C1)=C1/C=C(C2=CCc3ncnc(/C(C=NCC)=C/C)c32)C=CN1. The smallest absolute Gasteiger partial charge is 0.253 e. The molecule has 6 nitrogen and oxygen atoms in total. The molecule has 1 aromatic heterocycles. The van der Waals surface area contributed by atoms with Crippen molar-refractivity contribution in [3.63, 3.8) is 0 Å². The number of aromatic nitrogens is 2. The van der Waals surface area contributed by atoms with Crippen LogP contribution in [0.2, 0.25) is 0 Å². The number of aliphatic imine (C=N–C) groups is 1. The minimum atomic E-state index is -2.70. The highest BCUT2D eigenvalue weighted by Crippen LogP contribution is 2.38. The summed E-state index contributed by atoms with van der Waals surface area (Å²) < 4.78 is 26.3. The number of hydrogen-bond donors (Lipinski definition) is 2. The van der Waals surface area contributed by atoms with Gasteiger partial charge >= 0.3 is 0 Å². The average Bonchev–Trinajstić information content (AvgIpc) is 3.24. The van der Waals surface area contributed by atoms with Crippen molar-refractivity contribution in [1.82, 2.24) is 20.6 Å². The first-order valence-corrected chi connectivity index (χ1v) is 11.3. The Labute approximate surface area is 197 Å². The summed E-state index contributed by atoms with van der Waals surface area (Å²) in [4.78, 5) is 26.1. The Balaban J connectivity index is 1.66. The molecule has 1 aliphatic heterocycles. The van der Waals surface area contributed by atoms with Gasteiger partial charge in [0, 0.05) is 55.4 Å². The Kier molecular flexibility index (Phi) is 6.68. The molecular formula is C26H27F2N5O. The largest absolute Gasteiger partial charge is 0.361 e. The van der Waals surface area contributed by atoms with Gasteiger partial charge in [0.1, 0.15) is 6.33 Å². The number of carbonyl (C=O) groups is 1. The fourth-order valence-corrected chi connectivity index (χ4v) is 4.24. The Morgan fingerprint density at radius 3 is 2.85 bits per heavy atom. The molecule has 0 radical (unpaired) electrons. The predicted molar refractivity (Wildman–Crippen MR) is 130 cm³/mol. The Hall–Kier alpha value is -3.68. The van der Waals surface area contributed by atoms with Gasteiger partial charge in [0.15, 0.2) is 0 Å². The van der Waals surface area contributed by atoms with Gasteiger partial charge in [-0.3, -0.25) is 9.79 Å². The number of carbonyl (C=O) groups excluding carboxylic acids is 1. The number of alkyl halides is 2. The number of amides is 1. The molecule has 0 spiro atoms. The Bertz CT molecular complexity index is 1200. The maximum Gasteiger partial charge on any atom is 0.253 e. The van der Waals surface area contributed by atoms with E-state index in [2.05, 4.69) is 38.2 Å². The number of nitrogens with zero attached hydrogens (tertiary/aromatic N) is 3. The van der Waals surface area contributed by atoms with E-state index in [1.165, 1.54) is 6.08 Å². The number of rotatable bonds is 7. The van der Waals surface area contributed by atoms with Crippen molar-refractivity contribution in [1.29, 1.82) is 0 Å². The summed E-state index contributed by atoms with van der Waals surface area (Å²) in [5.41, 5.74) is 6.27. The van der Waals surface area contributed by atoms with Gasteiger partial charge in [0.05, 0.1) is 22.7 Å². The minimum absolute atomic E-state index is 0.296. The third kappa shape index (κ3) is 4.66. The van der Waals surface area contributed by atoms with Crippen LogP contribution in [-0.4, -0.2) is 40.6 Å². The van der Waals surface area contributed by atoms with Gasteiger partial charge < -0.3 is 10.6 Å². The lowest BCUT2D eigenvalue weighted by molar-refractivity contribution is -0.125. The molecule has 2 N–H and O–H groups in total. The number of fused-ring (bicyclic) bond motifs is 1. The Morgan fingerprint density at radius 2 is 2.18 bits per heavy atom. The first kappa shape index (κ1) is 23.5. The van der Waals surface area contributed by atoms with E-state index in [1.807, 2.05) is 38.3 Å². The van der Waals surface area contributed by atoms with Crippen LogP contribution in [0.4, 0.5) is 8.78 Å². The number of dihydropyridines is 1. The summed E-state index contributed by atoms with van der Waals surface area (Å²) in [5, 5.41) is 5.76. The second-order valence-corrected chi connectivity index (χ2v) is 8.28. The molecular weight excluding hydrogens is 436 g/mol. The molecule has 1 amide bonds. The Morgan fingerprint density at radius 1 is 1.38 bits per heavy atom. The van der Waals surface area contributed by atoms with Crippen LogP contribution in [0.15, 0.2) is 71.3 Å². The second kappa shape index (κ2) is 9.67. The lowest BCUT2D eigenvalue weighted by Gasteiger charge is -2.35. The lowest BCUT2D eigenvalue weighted by atomic mass is 9.88. The van der Waals surface area contributed by atoms with Gasteiger partial charge in [-0.2, -0.15) is 0 Å². The quantitative estimate of drug-likeness (QED) is 0.467. The van der Waals surface area contributed by atoms with Gasteiger partial charge in [-0.1, -0.05) is 24.8 Å². The molecule has 176 valence electrons. The van der Waals surface area contributed by atoms with Crippen LogP contribution in [0.5, 0.6) is 0 Å². The van der Waals surface area contributed by atoms with E-state index < -0.39 is 17.9 Å². The van der Waals surface area contributed by atoms with Gasteiger partial charge in [0.25, 0.3) is 11.8 Å². The summed E-state index contributed by atoms with van der Waals surface area (Å²) in [6.45, 7) is 8.35. The van der Waals surface area contributed by atoms with E-state index in [1.54, 1.807) is 12.5 Å². The highest BCUT2D eigenvalue weighted by molar-refractivity contribution is 6.11. The fraction of sp³-hybridized carbons (Fsp3) is 0.308. The van der Waals surface area contributed by atoms with E-state index in [4.69, 9.17) is 0 Å². The maximum absolute atomic E-state index is 13.2. The number of hydrogen-bond acceptors (Lipinski definition) is 5. The molecule has 0 atom stereocenters. The molecule has 2 heterocycles.